The first-order chi connectivity index (χ1) is 12.0. The lowest BCUT2D eigenvalue weighted by molar-refractivity contribution is 0.0408. The van der Waals surface area contributed by atoms with Crippen molar-refractivity contribution < 1.29 is 19.4 Å². The number of carbonyl (C=O) groups excluding carboxylic acids is 1. The topological polar surface area (TPSA) is 62.2 Å². The molecule has 1 atom stereocenters. The van der Waals surface area contributed by atoms with Crippen LogP contribution in [0.2, 0.25) is 0 Å². The summed E-state index contributed by atoms with van der Waals surface area (Å²) in [6, 6.07) is 8.00. The zero-order chi connectivity index (χ0) is 18.2. The van der Waals surface area contributed by atoms with Crippen LogP contribution in [0.25, 0.3) is 0 Å². The molecule has 1 aromatic rings. The van der Waals surface area contributed by atoms with Gasteiger partial charge in [0.1, 0.15) is 18.5 Å². The predicted octanol–water partition coefficient (Wildman–Crippen LogP) is 2.32. The molecule has 0 saturated carbocycles. The molecule has 1 aliphatic rings. The van der Waals surface area contributed by atoms with Crippen LogP contribution in [0.4, 0.5) is 4.79 Å². The van der Waals surface area contributed by atoms with Crippen LogP contribution in [0.15, 0.2) is 24.3 Å². The molecule has 1 N–H and O–H groups in total. The number of ether oxygens (including phenoxy) is 2. The summed E-state index contributed by atoms with van der Waals surface area (Å²) in [4.78, 5) is 15.5. The molecule has 0 spiro atoms. The van der Waals surface area contributed by atoms with E-state index in [2.05, 4.69) is 30.9 Å². The van der Waals surface area contributed by atoms with E-state index in [0.29, 0.717) is 32.2 Å². The lowest BCUT2D eigenvalue weighted by Gasteiger charge is -2.34. The van der Waals surface area contributed by atoms with Crippen molar-refractivity contribution in [2.24, 2.45) is 0 Å². The molecule has 1 saturated heterocycles. The minimum Gasteiger partial charge on any atom is -0.491 e. The molecular formula is C19H30N2O4. The van der Waals surface area contributed by atoms with Crippen LogP contribution in [0.5, 0.6) is 5.75 Å². The van der Waals surface area contributed by atoms with Crippen LogP contribution in [-0.4, -0.2) is 73.0 Å². The quantitative estimate of drug-likeness (QED) is 0.818. The third-order valence-electron chi connectivity index (χ3n) is 4.36. The molecule has 0 radical (unpaired) electrons. The van der Waals surface area contributed by atoms with Gasteiger partial charge in [-0.05, 0) is 30.5 Å². The number of aliphatic hydroxyl groups is 1. The SMILES string of the molecule is CCOC(=O)N1CCN(C[C@H](O)COc2ccc(C(C)C)cc2)CC1. The number of rotatable bonds is 7. The molecule has 1 heterocycles. The van der Waals surface area contributed by atoms with Gasteiger partial charge in [-0.25, -0.2) is 4.79 Å². The molecule has 1 aromatic carbocycles. The van der Waals surface area contributed by atoms with Gasteiger partial charge in [0.2, 0.25) is 0 Å². The van der Waals surface area contributed by atoms with Gasteiger partial charge in [0.25, 0.3) is 0 Å². The van der Waals surface area contributed by atoms with Crippen molar-refractivity contribution in [3.8, 4) is 5.75 Å². The highest BCUT2D eigenvalue weighted by atomic mass is 16.6. The van der Waals surface area contributed by atoms with Gasteiger partial charge in [0.15, 0.2) is 0 Å². The van der Waals surface area contributed by atoms with Crippen molar-refractivity contribution in [2.45, 2.75) is 32.8 Å². The fraction of sp³-hybridized carbons (Fsp3) is 0.632. The maximum absolute atomic E-state index is 11.7. The van der Waals surface area contributed by atoms with Crippen LogP contribution >= 0.6 is 0 Å². The zero-order valence-corrected chi connectivity index (χ0v) is 15.5. The largest absolute Gasteiger partial charge is 0.491 e. The Labute approximate surface area is 150 Å². The summed E-state index contributed by atoms with van der Waals surface area (Å²) in [5.74, 6) is 1.27. The summed E-state index contributed by atoms with van der Waals surface area (Å²) >= 11 is 0. The number of aliphatic hydroxyl groups excluding tert-OH is 1. The van der Waals surface area contributed by atoms with E-state index in [1.165, 1.54) is 5.56 Å². The molecule has 140 valence electrons. The third kappa shape index (κ3) is 6.21. The van der Waals surface area contributed by atoms with E-state index < -0.39 is 6.10 Å². The highest BCUT2D eigenvalue weighted by Gasteiger charge is 2.23. The Balaban J connectivity index is 1.69. The van der Waals surface area contributed by atoms with Crippen LogP contribution < -0.4 is 4.74 Å². The van der Waals surface area contributed by atoms with E-state index in [-0.39, 0.29) is 12.7 Å². The Morgan fingerprint density at radius 2 is 1.80 bits per heavy atom. The Hall–Kier alpha value is -1.79. The number of benzene rings is 1. The molecule has 6 heteroatoms. The normalized spacial score (nSPS) is 16.8. The number of carbonyl (C=O) groups is 1. The number of β-amino-alcohol motifs (C(OH)–C–C–N with tert-alkyl or cyclic N) is 1. The number of amides is 1. The number of piperazine rings is 1. The highest BCUT2D eigenvalue weighted by molar-refractivity contribution is 5.67. The van der Waals surface area contributed by atoms with Crippen molar-refractivity contribution in [3.05, 3.63) is 29.8 Å². The summed E-state index contributed by atoms with van der Waals surface area (Å²) in [5, 5.41) is 10.2. The van der Waals surface area contributed by atoms with Gasteiger partial charge >= 0.3 is 6.09 Å². The van der Waals surface area contributed by atoms with E-state index >= 15 is 0 Å². The van der Waals surface area contributed by atoms with E-state index in [4.69, 9.17) is 9.47 Å². The zero-order valence-electron chi connectivity index (χ0n) is 15.5. The molecule has 1 fully saturated rings. The van der Waals surface area contributed by atoms with Crippen molar-refractivity contribution >= 4 is 6.09 Å². The summed E-state index contributed by atoms with van der Waals surface area (Å²) in [6.45, 7) is 10.0. The van der Waals surface area contributed by atoms with Crippen molar-refractivity contribution in [2.75, 3.05) is 45.9 Å². The van der Waals surface area contributed by atoms with E-state index in [9.17, 15) is 9.90 Å². The minimum absolute atomic E-state index is 0.254. The van der Waals surface area contributed by atoms with Gasteiger partial charge in [0.05, 0.1) is 6.61 Å². The number of nitrogens with zero attached hydrogens (tertiary/aromatic N) is 2. The van der Waals surface area contributed by atoms with Gasteiger partial charge in [-0.1, -0.05) is 26.0 Å². The van der Waals surface area contributed by atoms with E-state index in [1.807, 2.05) is 12.1 Å². The first-order valence-corrected chi connectivity index (χ1v) is 9.04. The van der Waals surface area contributed by atoms with Crippen molar-refractivity contribution in [1.29, 1.82) is 0 Å². The number of hydrogen-bond acceptors (Lipinski definition) is 5. The molecule has 1 aliphatic heterocycles. The van der Waals surface area contributed by atoms with Crippen LogP contribution in [0, 0.1) is 0 Å². The second-order valence-electron chi connectivity index (χ2n) is 6.68. The predicted molar refractivity (Wildman–Crippen MR) is 97.1 cm³/mol. The lowest BCUT2D eigenvalue weighted by Crippen LogP contribution is -2.51. The standard InChI is InChI=1S/C19H30N2O4/c1-4-24-19(23)21-11-9-20(10-12-21)13-17(22)14-25-18-7-5-16(6-8-18)15(2)3/h5-8,15,17,22H,4,9-14H2,1-3H3/t17-/m0/s1. The third-order valence-corrected chi connectivity index (χ3v) is 4.36. The molecular weight excluding hydrogens is 320 g/mol. The van der Waals surface area contributed by atoms with Gasteiger partial charge in [-0.3, -0.25) is 4.90 Å². The summed E-state index contributed by atoms with van der Waals surface area (Å²) in [7, 11) is 0. The number of hydrogen-bond donors (Lipinski definition) is 1. The van der Waals surface area contributed by atoms with Crippen LogP contribution in [-0.2, 0) is 4.74 Å². The van der Waals surface area contributed by atoms with Crippen molar-refractivity contribution in [1.82, 2.24) is 9.80 Å². The average Bonchev–Trinajstić information content (AvgIpc) is 2.61. The first kappa shape index (κ1) is 19.5. The van der Waals surface area contributed by atoms with Crippen LogP contribution in [0.1, 0.15) is 32.3 Å². The van der Waals surface area contributed by atoms with Crippen LogP contribution in [0.3, 0.4) is 0 Å². The maximum atomic E-state index is 11.7. The lowest BCUT2D eigenvalue weighted by atomic mass is 10.0. The first-order valence-electron chi connectivity index (χ1n) is 9.04. The molecule has 0 unspecified atom stereocenters. The second kappa shape index (κ2) is 9.63. The van der Waals surface area contributed by atoms with Gasteiger partial charge in [-0.15, -0.1) is 0 Å². The molecule has 0 bridgehead atoms. The Morgan fingerprint density at radius 3 is 2.36 bits per heavy atom. The van der Waals surface area contributed by atoms with Gasteiger partial charge in [0, 0.05) is 32.7 Å². The van der Waals surface area contributed by atoms with E-state index in [1.54, 1.807) is 11.8 Å². The molecule has 25 heavy (non-hydrogen) atoms. The molecule has 0 aliphatic carbocycles. The monoisotopic (exact) mass is 350 g/mol. The smallest absolute Gasteiger partial charge is 0.409 e. The maximum Gasteiger partial charge on any atom is 0.409 e. The molecule has 6 nitrogen and oxygen atoms in total. The van der Waals surface area contributed by atoms with Gasteiger partial charge in [-0.2, -0.15) is 0 Å². The van der Waals surface area contributed by atoms with Gasteiger partial charge < -0.3 is 19.5 Å². The van der Waals surface area contributed by atoms with E-state index in [0.717, 1.165) is 18.8 Å². The summed E-state index contributed by atoms with van der Waals surface area (Å²) in [5.41, 5.74) is 1.27. The summed E-state index contributed by atoms with van der Waals surface area (Å²) < 4.78 is 10.7. The second-order valence-corrected chi connectivity index (χ2v) is 6.68. The molecule has 2 rings (SSSR count). The fourth-order valence-electron chi connectivity index (χ4n) is 2.82. The highest BCUT2D eigenvalue weighted by Crippen LogP contribution is 2.18. The fourth-order valence-corrected chi connectivity index (χ4v) is 2.82. The molecule has 1 amide bonds. The average molecular weight is 350 g/mol. The summed E-state index contributed by atoms with van der Waals surface area (Å²) in [6.07, 6.45) is -0.810. The minimum atomic E-state index is -0.557. The Kier molecular flexibility index (Phi) is 7.52. The Morgan fingerprint density at radius 1 is 1.16 bits per heavy atom. The Bertz CT molecular complexity index is 525. The van der Waals surface area contributed by atoms with Crippen molar-refractivity contribution in [3.63, 3.8) is 0 Å². The molecule has 0 aromatic heterocycles.